The maximum Gasteiger partial charge on any atom is 0.230 e. The predicted molar refractivity (Wildman–Crippen MR) is 60.4 cm³/mol. The van der Waals surface area contributed by atoms with Gasteiger partial charge in [-0.25, -0.2) is 4.39 Å². The third kappa shape index (κ3) is 1.47. The van der Waals surface area contributed by atoms with E-state index in [0.29, 0.717) is 11.8 Å². The Kier molecular flexibility index (Phi) is 2.24. The highest BCUT2D eigenvalue weighted by Gasteiger charge is 2.45. The molecule has 88 valence electrons. The molecule has 1 aliphatic carbocycles. The van der Waals surface area contributed by atoms with Gasteiger partial charge in [0, 0.05) is 17.5 Å². The quantitative estimate of drug-likeness (QED) is 0.734. The summed E-state index contributed by atoms with van der Waals surface area (Å²) in [4.78, 5) is 24.2. The van der Waals surface area contributed by atoms with Crippen LogP contribution < -0.4 is 4.90 Å². The molecule has 1 heterocycles. The number of aldehydes is 1. The van der Waals surface area contributed by atoms with Gasteiger partial charge in [0.15, 0.2) is 0 Å². The van der Waals surface area contributed by atoms with Crippen LogP contribution in [0, 0.1) is 11.7 Å². The van der Waals surface area contributed by atoms with Crippen molar-refractivity contribution in [3.8, 4) is 0 Å². The SMILES string of the molecule is O=Cc1ccc(F)c(N2C(=O)[C@@H]3CC[C@H]2C3)c1. The van der Waals surface area contributed by atoms with Crippen LogP contribution in [0.1, 0.15) is 29.6 Å². The standard InChI is InChI=1S/C13H12FNO2/c14-11-4-1-8(7-16)5-12(11)15-10-3-2-9(6-10)13(15)17/h1,4-5,7,9-10H,2-3,6H2/t9-,10+/m1/s1. The fourth-order valence-corrected chi connectivity index (χ4v) is 2.90. The second kappa shape index (κ2) is 3.65. The number of nitrogens with zero attached hydrogens (tertiary/aromatic N) is 1. The van der Waals surface area contributed by atoms with E-state index in [1.165, 1.54) is 23.1 Å². The Bertz CT molecular complexity index is 500. The molecule has 1 saturated carbocycles. The number of hydrogen-bond acceptors (Lipinski definition) is 2. The Morgan fingerprint density at radius 2 is 2.18 bits per heavy atom. The van der Waals surface area contributed by atoms with Crippen LogP contribution in [0.25, 0.3) is 0 Å². The van der Waals surface area contributed by atoms with Gasteiger partial charge in [0.25, 0.3) is 0 Å². The van der Waals surface area contributed by atoms with E-state index in [2.05, 4.69) is 0 Å². The Hall–Kier alpha value is -1.71. The molecule has 1 aromatic carbocycles. The van der Waals surface area contributed by atoms with Crippen LogP contribution in [0.5, 0.6) is 0 Å². The molecule has 0 N–H and O–H groups in total. The molecule has 1 aliphatic heterocycles. The van der Waals surface area contributed by atoms with Gasteiger partial charge in [0.1, 0.15) is 12.1 Å². The Labute approximate surface area is 98.2 Å². The minimum Gasteiger partial charge on any atom is -0.306 e. The maximum absolute atomic E-state index is 13.7. The van der Waals surface area contributed by atoms with Gasteiger partial charge >= 0.3 is 0 Å². The molecule has 3 nitrogen and oxygen atoms in total. The van der Waals surface area contributed by atoms with Crippen LogP contribution in [-0.4, -0.2) is 18.2 Å². The normalized spacial score (nSPS) is 26.6. The van der Waals surface area contributed by atoms with Crippen molar-refractivity contribution in [2.45, 2.75) is 25.3 Å². The molecule has 0 aromatic heterocycles. The van der Waals surface area contributed by atoms with Crippen molar-refractivity contribution in [3.63, 3.8) is 0 Å². The fraction of sp³-hybridized carbons (Fsp3) is 0.385. The minimum absolute atomic E-state index is 0.00296. The molecule has 0 unspecified atom stereocenters. The number of fused-ring (bicyclic) bond motifs is 2. The zero-order chi connectivity index (χ0) is 12.0. The van der Waals surface area contributed by atoms with E-state index in [0.717, 1.165) is 19.3 Å². The van der Waals surface area contributed by atoms with Crippen molar-refractivity contribution in [2.75, 3.05) is 4.90 Å². The topological polar surface area (TPSA) is 37.4 Å². The lowest BCUT2D eigenvalue weighted by molar-refractivity contribution is -0.121. The number of carbonyl (C=O) groups is 2. The maximum atomic E-state index is 13.7. The highest BCUT2D eigenvalue weighted by molar-refractivity contribution is 5.99. The van der Waals surface area contributed by atoms with Crippen LogP contribution >= 0.6 is 0 Å². The number of amides is 1. The molecule has 1 amide bonds. The smallest absolute Gasteiger partial charge is 0.230 e. The first-order valence-electron chi connectivity index (χ1n) is 5.78. The summed E-state index contributed by atoms with van der Waals surface area (Å²) in [6.45, 7) is 0. The first-order chi connectivity index (χ1) is 8.20. The molecule has 0 spiro atoms. The van der Waals surface area contributed by atoms with E-state index >= 15 is 0 Å². The van der Waals surface area contributed by atoms with Crippen molar-refractivity contribution >= 4 is 17.9 Å². The lowest BCUT2D eigenvalue weighted by atomic mass is 10.1. The average molecular weight is 233 g/mol. The zero-order valence-electron chi connectivity index (χ0n) is 9.23. The number of hydrogen-bond donors (Lipinski definition) is 0. The molecule has 1 saturated heterocycles. The van der Waals surface area contributed by atoms with Gasteiger partial charge in [0.2, 0.25) is 5.91 Å². The van der Waals surface area contributed by atoms with Crippen molar-refractivity contribution in [1.82, 2.24) is 0 Å². The molecule has 17 heavy (non-hydrogen) atoms. The molecule has 2 aliphatic rings. The fourth-order valence-electron chi connectivity index (χ4n) is 2.90. The third-order valence-electron chi connectivity index (χ3n) is 3.72. The van der Waals surface area contributed by atoms with E-state index in [1.807, 2.05) is 0 Å². The van der Waals surface area contributed by atoms with Crippen molar-refractivity contribution in [2.24, 2.45) is 5.92 Å². The third-order valence-corrected chi connectivity index (χ3v) is 3.72. The van der Waals surface area contributed by atoms with Gasteiger partial charge in [-0.1, -0.05) is 0 Å². The molecule has 2 bridgehead atoms. The lowest BCUT2D eigenvalue weighted by Gasteiger charge is -2.27. The second-order valence-electron chi connectivity index (χ2n) is 4.70. The highest BCUT2D eigenvalue weighted by Crippen LogP contribution is 2.42. The van der Waals surface area contributed by atoms with Crippen LogP contribution in [0.15, 0.2) is 18.2 Å². The van der Waals surface area contributed by atoms with Gasteiger partial charge in [-0.05, 0) is 37.5 Å². The van der Waals surface area contributed by atoms with Crippen LogP contribution in [-0.2, 0) is 4.79 Å². The van der Waals surface area contributed by atoms with Gasteiger partial charge in [-0.2, -0.15) is 0 Å². The lowest BCUT2D eigenvalue weighted by Crippen LogP contribution is -2.37. The Balaban J connectivity index is 2.04. The minimum atomic E-state index is -0.434. The number of piperidine rings is 1. The molecule has 0 radical (unpaired) electrons. The van der Waals surface area contributed by atoms with Gasteiger partial charge in [-0.3, -0.25) is 9.59 Å². The van der Waals surface area contributed by atoms with Crippen LogP contribution in [0.3, 0.4) is 0 Å². The number of anilines is 1. The molecule has 4 heteroatoms. The summed E-state index contributed by atoms with van der Waals surface area (Å²) in [6, 6.07) is 4.24. The summed E-state index contributed by atoms with van der Waals surface area (Å²) >= 11 is 0. The van der Waals surface area contributed by atoms with E-state index in [1.54, 1.807) is 0 Å². The number of halogens is 1. The second-order valence-corrected chi connectivity index (χ2v) is 4.70. The number of benzene rings is 1. The molecule has 2 atom stereocenters. The Morgan fingerprint density at radius 1 is 1.35 bits per heavy atom. The molecular formula is C13H12FNO2. The van der Waals surface area contributed by atoms with Gasteiger partial charge in [-0.15, -0.1) is 0 Å². The molecule has 3 rings (SSSR count). The molecule has 2 fully saturated rings. The number of carbonyl (C=O) groups excluding carboxylic acids is 2. The summed E-state index contributed by atoms with van der Waals surface area (Å²) in [5, 5.41) is 0. The van der Waals surface area contributed by atoms with E-state index in [-0.39, 0.29) is 23.6 Å². The predicted octanol–water partition coefficient (Wildman–Crippen LogP) is 2.15. The summed E-state index contributed by atoms with van der Waals surface area (Å²) in [7, 11) is 0. The van der Waals surface area contributed by atoms with Crippen molar-refractivity contribution in [1.29, 1.82) is 0 Å². The molecular weight excluding hydrogens is 221 g/mol. The van der Waals surface area contributed by atoms with Gasteiger partial charge < -0.3 is 4.90 Å². The first kappa shape index (κ1) is 10.4. The number of rotatable bonds is 2. The largest absolute Gasteiger partial charge is 0.306 e. The van der Waals surface area contributed by atoms with Crippen LogP contribution in [0.2, 0.25) is 0 Å². The van der Waals surface area contributed by atoms with Crippen molar-refractivity contribution < 1.29 is 14.0 Å². The van der Waals surface area contributed by atoms with Gasteiger partial charge in [0.05, 0.1) is 5.69 Å². The Morgan fingerprint density at radius 3 is 2.82 bits per heavy atom. The molecule has 1 aromatic rings. The highest BCUT2D eigenvalue weighted by atomic mass is 19.1. The van der Waals surface area contributed by atoms with E-state index < -0.39 is 5.82 Å². The van der Waals surface area contributed by atoms with Crippen molar-refractivity contribution in [3.05, 3.63) is 29.6 Å². The summed E-state index contributed by atoms with van der Waals surface area (Å²) in [5.74, 6) is -0.376. The summed E-state index contributed by atoms with van der Waals surface area (Å²) in [6.07, 6.45) is 3.33. The monoisotopic (exact) mass is 233 g/mol. The summed E-state index contributed by atoms with van der Waals surface area (Å²) in [5.41, 5.74) is 0.656. The average Bonchev–Trinajstić information content (AvgIpc) is 2.91. The van der Waals surface area contributed by atoms with E-state index in [9.17, 15) is 14.0 Å². The zero-order valence-corrected chi connectivity index (χ0v) is 9.23. The van der Waals surface area contributed by atoms with E-state index in [4.69, 9.17) is 0 Å². The first-order valence-corrected chi connectivity index (χ1v) is 5.78. The van der Waals surface area contributed by atoms with Crippen LogP contribution in [0.4, 0.5) is 10.1 Å². The summed E-state index contributed by atoms with van der Waals surface area (Å²) < 4.78 is 13.7.